The molecule has 0 radical (unpaired) electrons. The number of β-amino-alcohol motifs (C(OH)–C–C–N with tert-alkyl or cyclic N) is 1. The predicted molar refractivity (Wildman–Crippen MR) is 170 cm³/mol. The van der Waals surface area contributed by atoms with Gasteiger partial charge in [0.25, 0.3) is 5.91 Å². The van der Waals surface area contributed by atoms with Gasteiger partial charge >= 0.3 is 6.09 Å². The van der Waals surface area contributed by atoms with Gasteiger partial charge in [-0.15, -0.1) is 0 Å². The highest BCUT2D eigenvalue weighted by atomic mass is 16.5. The molecule has 1 aromatic heterocycles. The summed E-state index contributed by atoms with van der Waals surface area (Å²) in [6.07, 6.45) is -2.02. The first-order chi connectivity index (χ1) is 22.2. The monoisotopic (exact) mass is 624 g/mol. The number of amides is 4. The molecule has 4 amide bonds. The molecule has 238 valence electrons. The molecule has 0 spiro atoms. The highest BCUT2D eigenvalue weighted by Gasteiger charge is 2.34. The third-order valence-electron chi connectivity index (χ3n) is 7.86. The van der Waals surface area contributed by atoms with Crippen molar-refractivity contribution < 1.29 is 29.0 Å². The SMILES string of the molecule is COC(=O)N1Cc2ccccc2CN1CC(O)C(Cc1ccccc1)NC(=O)C(CC(N)=O)NC(=O)c1ccc2ccccc2n1. The van der Waals surface area contributed by atoms with E-state index in [4.69, 9.17) is 10.5 Å². The topological polar surface area (TPSA) is 167 Å². The first kappa shape index (κ1) is 32.1. The number of hydrogen-bond acceptors (Lipinski definition) is 8. The van der Waals surface area contributed by atoms with Crippen LogP contribution in [0.5, 0.6) is 0 Å². The highest BCUT2D eigenvalue weighted by molar-refractivity contribution is 5.99. The average molecular weight is 625 g/mol. The number of ether oxygens (including phenoxy) is 1. The zero-order valence-electron chi connectivity index (χ0n) is 25.3. The van der Waals surface area contributed by atoms with Crippen LogP contribution in [0.1, 0.15) is 33.6 Å². The second kappa shape index (κ2) is 14.6. The summed E-state index contributed by atoms with van der Waals surface area (Å²) in [6, 6.07) is 25.3. The Bertz CT molecular complexity index is 1720. The lowest BCUT2D eigenvalue weighted by Gasteiger charge is -2.40. The summed E-state index contributed by atoms with van der Waals surface area (Å²) in [5, 5.41) is 20.9. The average Bonchev–Trinajstić information content (AvgIpc) is 3.06. The minimum absolute atomic E-state index is 0.0327. The Morgan fingerprint density at radius 1 is 0.891 bits per heavy atom. The van der Waals surface area contributed by atoms with E-state index in [1.54, 1.807) is 23.2 Å². The Hall–Kier alpha value is -5.33. The maximum Gasteiger partial charge on any atom is 0.424 e. The maximum absolute atomic E-state index is 13.7. The van der Waals surface area contributed by atoms with E-state index < -0.39 is 48.4 Å². The van der Waals surface area contributed by atoms with Gasteiger partial charge in [-0.05, 0) is 35.2 Å². The van der Waals surface area contributed by atoms with Crippen LogP contribution in [0.15, 0.2) is 91.0 Å². The number of pyridine rings is 1. The van der Waals surface area contributed by atoms with Crippen LogP contribution in [0.3, 0.4) is 0 Å². The quantitative estimate of drug-likeness (QED) is 0.197. The molecule has 3 atom stereocenters. The van der Waals surface area contributed by atoms with Gasteiger partial charge in [0, 0.05) is 18.5 Å². The summed E-state index contributed by atoms with van der Waals surface area (Å²) in [5.74, 6) is -2.16. The standard InChI is InChI=1S/C34H36N6O6/c1-46-34(45)40-20-25-13-6-5-12-24(25)19-39(40)21-30(41)28(17-22-9-3-2-4-10-22)37-33(44)29(18-31(35)42)38-32(43)27-16-15-23-11-7-8-14-26(23)36-27/h2-16,28-30,41H,17-21H2,1H3,(H2,35,42)(H,37,44)(H,38,43). The van der Waals surface area contributed by atoms with Gasteiger partial charge in [-0.25, -0.2) is 19.8 Å². The number of methoxy groups -OCH3 is 1. The van der Waals surface area contributed by atoms with Crippen LogP contribution in [-0.2, 0) is 33.8 Å². The van der Waals surface area contributed by atoms with Crippen molar-refractivity contribution in [3.63, 3.8) is 0 Å². The van der Waals surface area contributed by atoms with Gasteiger partial charge < -0.3 is 26.2 Å². The summed E-state index contributed by atoms with van der Waals surface area (Å²) in [4.78, 5) is 55.9. The van der Waals surface area contributed by atoms with Gasteiger partial charge in [0.1, 0.15) is 11.7 Å². The van der Waals surface area contributed by atoms with Crippen molar-refractivity contribution in [2.24, 2.45) is 5.73 Å². The number of fused-ring (bicyclic) bond motifs is 2. The number of rotatable bonds is 11. The lowest BCUT2D eigenvalue weighted by Crippen LogP contribution is -2.58. The number of hydrogen-bond donors (Lipinski definition) is 4. The second-order valence-corrected chi connectivity index (χ2v) is 11.1. The number of primary amides is 1. The minimum Gasteiger partial charge on any atom is -0.452 e. The lowest BCUT2D eigenvalue weighted by atomic mass is 9.99. The summed E-state index contributed by atoms with van der Waals surface area (Å²) in [7, 11) is 1.29. The molecule has 12 heteroatoms. The van der Waals surface area contributed by atoms with Crippen molar-refractivity contribution in [2.75, 3.05) is 13.7 Å². The van der Waals surface area contributed by atoms with Crippen LogP contribution >= 0.6 is 0 Å². The number of hydrazine groups is 1. The normalized spacial score (nSPS) is 14.9. The fourth-order valence-electron chi connectivity index (χ4n) is 5.47. The van der Waals surface area contributed by atoms with E-state index in [1.807, 2.05) is 66.7 Å². The van der Waals surface area contributed by atoms with Gasteiger partial charge in [0.2, 0.25) is 11.8 Å². The Labute approximate surface area is 266 Å². The molecule has 1 aliphatic rings. The van der Waals surface area contributed by atoms with Crippen molar-refractivity contribution in [2.45, 2.75) is 44.1 Å². The molecule has 3 aromatic carbocycles. The van der Waals surface area contributed by atoms with Crippen LogP contribution < -0.4 is 16.4 Å². The fourth-order valence-corrected chi connectivity index (χ4v) is 5.47. The van der Waals surface area contributed by atoms with Gasteiger partial charge in [0.05, 0.1) is 37.7 Å². The largest absolute Gasteiger partial charge is 0.452 e. The number of para-hydroxylation sites is 1. The molecular formula is C34H36N6O6. The van der Waals surface area contributed by atoms with Crippen LogP contribution in [0.4, 0.5) is 4.79 Å². The summed E-state index contributed by atoms with van der Waals surface area (Å²) in [5.41, 5.74) is 8.90. The van der Waals surface area contributed by atoms with E-state index in [0.29, 0.717) is 12.1 Å². The van der Waals surface area contributed by atoms with E-state index in [9.17, 15) is 24.3 Å². The number of aromatic nitrogens is 1. The number of nitrogens with two attached hydrogens (primary N) is 1. The van der Waals surface area contributed by atoms with E-state index >= 15 is 0 Å². The second-order valence-electron chi connectivity index (χ2n) is 11.1. The molecule has 0 fully saturated rings. The van der Waals surface area contributed by atoms with Gasteiger partial charge in [-0.1, -0.05) is 78.9 Å². The molecule has 46 heavy (non-hydrogen) atoms. The molecule has 12 nitrogen and oxygen atoms in total. The summed E-state index contributed by atoms with van der Waals surface area (Å²) < 4.78 is 5.01. The number of nitrogens with zero attached hydrogens (tertiary/aromatic N) is 3. The number of aliphatic hydroxyl groups is 1. The Kier molecular flexibility index (Phi) is 10.2. The molecular weight excluding hydrogens is 588 g/mol. The Morgan fingerprint density at radius 2 is 1.57 bits per heavy atom. The predicted octanol–water partition coefficient (Wildman–Crippen LogP) is 2.30. The van der Waals surface area contributed by atoms with Crippen LogP contribution in [0.2, 0.25) is 0 Å². The molecule has 5 N–H and O–H groups in total. The lowest BCUT2D eigenvalue weighted by molar-refractivity contribution is -0.128. The number of benzene rings is 3. The van der Waals surface area contributed by atoms with Gasteiger partial charge in [-0.2, -0.15) is 0 Å². The number of carbonyl (C=O) groups is 4. The molecule has 4 aromatic rings. The van der Waals surface area contributed by atoms with E-state index in [1.165, 1.54) is 18.2 Å². The number of carbonyl (C=O) groups excluding carboxylic acids is 4. The molecule has 3 unspecified atom stereocenters. The molecule has 5 rings (SSSR count). The zero-order valence-corrected chi connectivity index (χ0v) is 25.3. The van der Waals surface area contributed by atoms with Crippen molar-refractivity contribution in [1.82, 2.24) is 25.6 Å². The maximum atomic E-state index is 13.7. The van der Waals surface area contributed by atoms with Crippen LogP contribution in [0.25, 0.3) is 10.9 Å². The van der Waals surface area contributed by atoms with Crippen molar-refractivity contribution >= 4 is 34.7 Å². The smallest absolute Gasteiger partial charge is 0.424 e. The van der Waals surface area contributed by atoms with Crippen LogP contribution in [-0.4, -0.2) is 75.8 Å². The van der Waals surface area contributed by atoms with Gasteiger partial charge in [0.15, 0.2) is 0 Å². The van der Waals surface area contributed by atoms with Crippen molar-refractivity contribution in [3.8, 4) is 0 Å². The Morgan fingerprint density at radius 3 is 2.28 bits per heavy atom. The van der Waals surface area contributed by atoms with Crippen molar-refractivity contribution in [1.29, 1.82) is 0 Å². The first-order valence-corrected chi connectivity index (χ1v) is 14.9. The molecule has 0 bridgehead atoms. The Balaban J connectivity index is 1.36. The molecule has 0 saturated carbocycles. The van der Waals surface area contributed by atoms with Crippen LogP contribution in [0, 0.1) is 0 Å². The number of nitrogens with one attached hydrogen (secondary N) is 2. The highest BCUT2D eigenvalue weighted by Crippen LogP contribution is 2.24. The van der Waals surface area contributed by atoms with Crippen molar-refractivity contribution in [3.05, 3.63) is 113 Å². The first-order valence-electron chi connectivity index (χ1n) is 14.9. The third-order valence-corrected chi connectivity index (χ3v) is 7.86. The van der Waals surface area contributed by atoms with E-state index in [0.717, 1.165) is 22.1 Å². The summed E-state index contributed by atoms with van der Waals surface area (Å²) in [6.45, 7) is 0.545. The fraction of sp³-hybridized carbons (Fsp3) is 0.265. The molecule has 0 saturated heterocycles. The third kappa shape index (κ3) is 7.84. The zero-order chi connectivity index (χ0) is 32.6. The molecule has 1 aliphatic heterocycles. The number of aliphatic hydroxyl groups excluding tert-OH is 1. The summed E-state index contributed by atoms with van der Waals surface area (Å²) >= 11 is 0. The minimum atomic E-state index is -1.34. The van der Waals surface area contributed by atoms with Gasteiger partial charge in [-0.3, -0.25) is 14.4 Å². The molecule has 2 heterocycles. The molecule has 0 aliphatic carbocycles. The van der Waals surface area contributed by atoms with E-state index in [-0.39, 0.29) is 25.2 Å². The van der Waals surface area contributed by atoms with E-state index in [2.05, 4.69) is 15.6 Å².